The van der Waals surface area contributed by atoms with E-state index in [9.17, 15) is 0 Å². The molecule has 1 rings (SSSR count). The molecule has 0 aliphatic heterocycles. The summed E-state index contributed by atoms with van der Waals surface area (Å²) in [5, 5.41) is 12.4. The van der Waals surface area contributed by atoms with E-state index >= 15 is 0 Å². The lowest BCUT2D eigenvalue weighted by Crippen LogP contribution is -2.43. The molecular formula is C13H28N2O. The van der Waals surface area contributed by atoms with Crippen LogP contribution in [0.2, 0.25) is 0 Å². The Hall–Kier alpha value is -0.120. The number of aliphatic hydroxyl groups is 1. The van der Waals surface area contributed by atoms with E-state index in [0.717, 1.165) is 25.4 Å². The fraction of sp³-hybridized carbons (Fsp3) is 1.00. The minimum atomic E-state index is 0.326. The van der Waals surface area contributed by atoms with Crippen molar-refractivity contribution in [1.29, 1.82) is 0 Å². The fourth-order valence-electron chi connectivity index (χ4n) is 2.94. The molecule has 0 aromatic rings. The highest BCUT2D eigenvalue weighted by Gasteiger charge is 2.42. The summed E-state index contributed by atoms with van der Waals surface area (Å²) >= 11 is 0. The molecule has 0 heterocycles. The lowest BCUT2D eigenvalue weighted by Gasteiger charge is -2.48. The number of hydrogen-bond donors (Lipinski definition) is 3. The van der Waals surface area contributed by atoms with Gasteiger partial charge in [-0.05, 0) is 56.5 Å². The molecule has 3 heteroatoms. The van der Waals surface area contributed by atoms with Crippen LogP contribution in [0, 0.1) is 11.3 Å². The average Bonchev–Trinajstić information content (AvgIpc) is 2.19. The fourth-order valence-corrected chi connectivity index (χ4v) is 2.94. The molecular weight excluding hydrogens is 200 g/mol. The van der Waals surface area contributed by atoms with Crippen molar-refractivity contribution in [2.75, 3.05) is 19.7 Å². The molecule has 0 unspecified atom stereocenters. The Balaban J connectivity index is 2.28. The molecule has 1 fully saturated rings. The van der Waals surface area contributed by atoms with Crippen molar-refractivity contribution in [1.82, 2.24) is 5.32 Å². The Bertz CT molecular complexity index is 183. The third-order valence-corrected chi connectivity index (χ3v) is 3.85. The molecule has 0 aromatic heterocycles. The van der Waals surface area contributed by atoms with Gasteiger partial charge in [0.2, 0.25) is 0 Å². The first kappa shape index (κ1) is 13.9. The first-order chi connectivity index (χ1) is 7.62. The van der Waals surface area contributed by atoms with E-state index in [2.05, 4.69) is 19.2 Å². The molecule has 1 saturated carbocycles. The number of rotatable bonds is 8. The van der Waals surface area contributed by atoms with Gasteiger partial charge in [-0.3, -0.25) is 0 Å². The summed E-state index contributed by atoms with van der Waals surface area (Å²) in [7, 11) is 0. The Morgan fingerprint density at radius 1 is 1.38 bits per heavy atom. The molecule has 0 amide bonds. The van der Waals surface area contributed by atoms with Crippen molar-refractivity contribution >= 4 is 0 Å². The van der Waals surface area contributed by atoms with Crippen LogP contribution >= 0.6 is 0 Å². The van der Waals surface area contributed by atoms with Gasteiger partial charge in [-0.1, -0.05) is 13.8 Å². The molecule has 4 N–H and O–H groups in total. The smallest absolute Gasteiger partial charge is 0.0431 e. The molecule has 0 saturated heterocycles. The number of nitrogens with one attached hydrogen (secondary N) is 1. The normalized spacial score (nSPS) is 29.4. The van der Waals surface area contributed by atoms with E-state index in [1.807, 2.05) is 0 Å². The predicted molar refractivity (Wildman–Crippen MR) is 68.3 cm³/mol. The van der Waals surface area contributed by atoms with Gasteiger partial charge in [0, 0.05) is 12.6 Å². The average molecular weight is 228 g/mol. The minimum Gasteiger partial charge on any atom is -0.396 e. The molecule has 1 aliphatic carbocycles. The summed E-state index contributed by atoms with van der Waals surface area (Å²) in [5.41, 5.74) is 6.18. The van der Waals surface area contributed by atoms with E-state index in [4.69, 9.17) is 10.8 Å². The van der Waals surface area contributed by atoms with Crippen LogP contribution < -0.4 is 11.1 Å². The molecule has 3 nitrogen and oxygen atoms in total. The number of nitrogens with two attached hydrogens (primary N) is 1. The molecule has 0 radical (unpaired) electrons. The highest BCUT2D eigenvalue weighted by Crippen LogP contribution is 2.50. The Kier molecular flexibility index (Phi) is 5.73. The zero-order valence-electron chi connectivity index (χ0n) is 10.8. The first-order valence-electron chi connectivity index (χ1n) is 6.66. The molecule has 0 atom stereocenters. The summed E-state index contributed by atoms with van der Waals surface area (Å²) in [4.78, 5) is 0. The van der Waals surface area contributed by atoms with Crippen LogP contribution in [0.15, 0.2) is 0 Å². The maximum absolute atomic E-state index is 8.95. The van der Waals surface area contributed by atoms with Crippen molar-refractivity contribution in [3.8, 4) is 0 Å². The Labute approximate surface area is 99.8 Å². The number of hydrogen-bond acceptors (Lipinski definition) is 3. The van der Waals surface area contributed by atoms with Crippen molar-refractivity contribution in [2.45, 2.75) is 52.0 Å². The molecule has 96 valence electrons. The van der Waals surface area contributed by atoms with Crippen LogP contribution in [-0.2, 0) is 0 Å². The molecule has 0 bridgehead atoms. The summed E-state index contributed by atoms with van der Waals surface area (Å²) in [6.45, 7) is 6.62. The molecule has 16 heavy (non-hydrogen) atoms. The van der Waals surface area contributed by atoms with Crippen LogP contribution in [0.3, 0.4) is 0 Å². The van der Waals surface area contributed by atoms with Crippen LogP contribution in [0.1, 0.15) is 46.0 Å². The molecule has 1 aliphatic rings. The zero-order chi connectivity index (χ0) is 12.0. The second-order valence-electron chi connectivity index (χ2n) is 5.70. The van der Waals surface area contributed by atoms with Gasteiger partial charge in [0.25, 0.3) is 0 Å². The van der Waals surface area contributed by atoms with Crippen molar-refractivity contribution in [3.63, 3.8) is 0 Å². The summed E-state index contributed by atoms with van der Waals surface area (Å²) < 4.78 is 0. The second-order valence-corrected chi connectivity index (χ2v) is 5.70. The highest BCUT2D eigenvalue weighted by molar-refractivity contribution is 4.94. The molecule has 0 spiro atoms. The van der Waals surface area contributed by atoms with Gasteiger partial charge in [0.1, 0.15) is 0 Å². The van der Waals surface area contributed by atoms with Crippen LogP contribution in [0.4, 0.5) is 0 Å². The second kappa shape index (κ2) is 6.58. The van der Waals surface area contributed by atoms with Gasteiger partial charge in [-0.15, -0.1) is 0 Å². The third kappa shape index (κ3) is 4.04. The van der Waals surface area contributed by atoms with Gasteiger partial charge in [-0.2, -0.15) is 0 Å². The van der Waals surface area contributed by atoms with Crippen molar-refractivity contribution < 1.29 is 5.11 Å². The standard InChI is InChI=1S/C13H28N2O/c1-11(2)15-6-5-13(4-3-7-16)8-12(9-13)10-14/h11-12,15-16H,3-10,14H2,1-2H3. The van der Waals surface area contributed by atoms with Gasteiger partial charge >= 0.3 is 0 Å². The van der Waals surface area contributed by atoms with Gasteiger partial charge in [0.15, 0.2) is 0 Å². The van der Waals surface area contributed by atoms with E-state index in [1.165, 1.54) is 25.7 Å². The third-order valence-electron chi connectivity index (χ3n) is 3.85. The van der Waals surface area contributed by atoms with Crippen LogP contribution in [0.25, 0.3) is 0 Å². The lowest BCUT2D eigenvalue weighted by molar-refractivity contribution is 0.0329. The first-order valence-corrected chi connectivity index (χ1v) is 6.66. The highest BCUT2D eigenvalue weighted by atomic mass is 16.2. The maximum atomic E-state index is 8.95. The predicted octanol–water partition coefficient (Wildman–Crippen LogP) is 1.50. The minimum absolute atomic E-state index is 0.326. The van der Waals surface area contributed by atoms with E-state index < -0.39 is 0 Å². The van der Waals surface area contributed by atoms with Gasteiger partial charge in [-0.25, -0.2) is 0 Å². The van der Waals surface area contributed by atoms with Gasteiger partial charge in [0.05, 0.1) is 0 Å². The molecule has 0 aromatic carbocycles. The topological polar surface area (TPSA) is 58.3 Å². The van der Waals surface area contributed by atoms with Gasteiger partial charge < -0.3 is 16.2 Å². The summed E-state index contributed by atoms with van der Waals surface area (Å²) in [6.07, 6.45) is 5.88. The van der Waals surface area contributed by atoms with E-state index in [0.29, 0.717) is 18.1 Å². The van der Waals surface area contributed by atoms with Crippen LogP contribution in [0.5, 0.6) is 0 Å². The maximum Gasteiger partial charge on any atom is 0.0431 e. The largest absolute Gasteiger partial charge is 0.396 e. The SMILES string of the molecule is CC(C)NCCC1(CCCO)CC(CN)C1. The van der Waals surface area contributed by atoms with Crippen molar-refractivity contribution in [3.05, 3.63) is 0 Å². The summed E-state index contributed by atoms with van der Waals surface area (Å²) in [6, 6.07) is 0.570. The Morgan fingerprint density at radius 2 is 2.06 bits per heavy atom. The van der Waals surface area contributed by atoms with E-state index in [-0.39, 0.29) is 0 Å². The lowest BCUT2D eigenvalue weighted by atomic mass is 9.58. The quantitative estimate of drug-likeness (QED) is 0.590. The van der Waals surface area contributed by atoms with E-state index in [1.54, 1.807) is 0 Å². The number of aliphatic hydroxyl groups excluding tert-OH is 1. The van der Waals surface area contributed by atoms with Crippen molar-refractivity contribution in [2.24, 2.45) is 17.1 Å². The summed E-state index contributed by atoms with van der Waals surface area (Å²) in [5.74, 6) is 0.734. The zero-order valence-corrected chi connectivity index (χ0v) is 10.8. The van der Waals surface area contributed by atoms with Crippen LogP contribution in [-0.4, -0.2) is 30.8 Å². The Morgan fingerprint density at radius 3 is 2.56 bits per heavy atom. The monoisotopic (exact) mass is 228 g/mol.